The van der Waals surface area contributed by atoms with Crippen LogP contribution in [0.2, 0.25) is 0 Å². The van der Waals surface area contributed by atoms with Gasteiger partial charge >= 0.3 is 0 Å². The van der Waals surface area contributed by atoms with Crippen molar-refractivity contribution in [1.82, 2.24) is 0 Å². The second-order valence-electron chi connectivity index (χ2n) is 5.33. The molecule has 1 N–H and O–H groups in total. The monoisotopic (exact) mass is 321 g/mol. The van der Waals surface area contributed by atoms with Gasteiger partial charge in [-0.25, -0.2) is 4.39 Å². The van der Waals surface area contributed by atoms with Crippen molar-refractivity contribution >= 4 is 29.6 Å². The minimum Gasteiger partial charge on any atom is -0.308 e. The van der Waals surface area contributed by atoms with Crippen molar-refractivity contribution in [3.05, 3.63) is 83.7 Å². The van der Waals surface area contributed by atoms with E-state index in [1.807, 2.05) is 36.4 Å². The van der Waals surface area contributed by atoms with Crippen molar-refractivity contribution in [2.45, 2.75) is 16.2 Å². The number of benzene rings is 2. The van der Waals surface area contributed by atoms with Gasteiger partial charge in [0.2, 0.25) is 0 Å². The maximum Gasteiger partial charge on any atom is 0.132 e. The van der Waals surface area contributed by atoms with Crippen LogP contribution in [-0.4, -0.2) is 6.21 Å². The quantitative estimate of drug-likeness (QED) is 0.589. The standard InChI is InChI=1S/C20H16FNS/c1-13(12-22)6-5-7-15-10-11-17(21)19-14(2)16-8-3-4-9-18(16)23-20(15)19/h3-5,7-12,22H,1-2,6H2/b7-5+,22-12?. The highest BCUT2D eigenvalue weighted by Gasteiger charge is 2.24. The van der Waals surface area contributed by atoms with Gasteiger partial charge < -0.3 is 5.41 Å². The highest BCUT2D eigenvalue weighted by atomic mass is 32.2. The summed E-state index contributed by atoms with van der Waals surface area (Å²) < 4.78 is 14.4. The molecule has 1 nitrogen and oxygen atoms in total. The summed E-state index contributed by atoms with van der Waals surface area (Å²) >= 11 is 1.57. The molecule has 0 bridgehead atoms. The zero-order valence-electron chi connectivity index (χ0n) is 12.6. The number of fused-ring (bicyclic) bond motifs is 2. The number of nitrogens with one attached hydrogen (secondary N) is 1. The van der Waals surface area contributed by atoms with Gasteiger partial charge in [0.05, 0.1) is 0 Å². The van der Waals surface area contributed by atoms with Crippen LogP contribution < -0.4 is 0 Å². The van der Waals surface area contributed by atoms with Gasteiger partial charge in [0, 0.05) is 21.6 Å². The molecular weight excluding hydrogens is 305 g/mol. The molecule has 3 rings (SSSR count). The summed E-state index contributed by atoms with van der Waals surface area (Å²) in [7, 11) is 0. The van der Waals surface area contributed by atoms with Crippen molar-refractivity contribution < 1.29 is 4.39 Å². The normalized spacial score (nSPS) is 12.8. The Labute approximate surface area is 139 Å². The van der Waals surface area contributed by atoms with Crippen LogP contribution in [0.1, 0.15) is 23.1 Å². The van der Waals surface area contributed by atoms with Gasteiger partial charge in [0.25, 0.3) is 0 Å². The number of hydrogen-bond acceptors (Lipinski definition) is 2. The fraction of sp³-hybridized carbons (Fsp3) is 0.0500. The molecule has 1 aliphatic rings. The average Bonchev–Trinajstić information content (AvgIpc) is 2.56. The summed E-state index contributed by atoms with van der Waals surface area (Å²) in [6.07, 6.45) is 5.76. The predicted octanol–water partition coefficient (Wildman–Crippen LogP) is 5.96. The van der Waals surface area contributed by atoms with Crippen LogP contribution in [0.5, 0.6) is 0 Å². The zero-order chi connectivity index (χ0) is 16.4. The van der Waals surface area contributed by atoms with Crippen LogP contribution in [-0.2, 0) is 0 Å². The fourth-order valence-corrected chi connectivity index (χ4v) is 3.79. The van der Waals surface area contributed by atoms with Gasteiger partial charge in [-0.05, 0) is 40.8 Å². The lowest BCUT2D eigenvalue weighted by molar-refractivity contribution is 0.619. The maximum atomic E-state index is 14.4. The van der Waals surface area contributed by atoms with E-state index >= 15 is 0 Å². The van der Waals surface area contributed by atoms with Crippen molar-refractivity contribution in [3.8, 4) is 0 Å². The first-order chi connectivity index (χ1) is 11.1. The van der Waals surface area contributed by atoms with Gasteiger partial charge in [-0.1, -0.05) is 61.3 Å². The highest BCUT2D eigenvalue weighted by Crippen LogP contribution is 2.47. The molecule has 3 heteroatoms. The average molecular weight is 321 g/mol. The molecule has 0 spiro atoms. The number of allylic oxidation sites excluding steroid dienone is 2. The second-order valence-corrected chi connectivity index (χ2v) is 6.38. The lowest BCUT2D eigenvalue weighted by Gasteiger charge is -2.23. The molecule has 0 aliphatic carbocycles. The van der Waals surface area contributed by atoms with Crippen LogP contribution in [0.25, 0.3) is 11.6 Å². The minimum absolute atomic E-state index is 0.243. The Balaban J connectivity index is 2.04. The molecule has 2 aromatic carbocycles. The lowest BCUT2D eigenvalue weighted by Crippen LogP contribution is -2.02. The van der Waals surface area contributed by atoms with Crippen LogP contribution >= 0.6 is 11.8 Å². The Kier molecular flexibility index (Phi) is 4.30. The molecule has 114 valence electrons. The first-order valence-electron chi connectivity index (χ1n) is 7.25. The lowest BCUT2D eigenvalue weighted by atomic mass is 9.96. The first-order valence-corrected chi connectivity index (χ1v) is 8.07. The highest BCUT2D eigenvalue weighted by molar-refractivity contribution is 7.99. The molecule has 0 saturated carbocycles. The summed E-state index contributed by atoms with van der Waals surface area (Å²) in [5.74, 6) is -0.243. The molecule has 23 heavy (non-hydrogen) atoms. The smallest absolute Gasteiger partial charge is 0.132 e. The summed E-state index contributed by atoms with van der Waals surface area (Å²) in [5.41, 5.74) is 3.99. The predicted molar refractivity (Wildman–Crippen MR) is 96.7 cm³/mol. The Bertz CT molecular complexity index is 849. The molecule has 0 radical (unpaired) electrons. The van der Waals surface area contributed by atoms with Gasteiger partial charge in [0.15, 0.2) is 0 Å². The van der Waals surface area contributed by atoms with E-state index in [2.05, 4.69) is 13.2 Å². The number of hydrogen-bond donors (Lipinski definition) is 1. The van der Waals surface area contributed by atoms with Crippen LogP contribution in [0.15, 0.2) is 71.0 Å². The van der Waals surface area contributed by atoms with E-state index in [0.29, 0.717) is 12.0 Å². The third kappa shape index (κ3) is 2.92. The Morgan fingerprint density at radius 2 is 2.00 bits per heavy atom. The summed E-state index contributed by atoms with van der Waals surface area (Å²) in [5, 5.41) is 7.16. The first kappa shape index (κ1) is 15.5. The molecule has 0 saturated heterocycles. The molecule has 0 fully saturated rings. The number of rotatable bonds is 4. The third-order valence-corrected chi connectivity index (χ3v) is 4.96. The molecule has 1 heterocycles. The fourth-order valence-electron chi connectivity index (χ4n) is 2.54. The van der Waals surface area contributed by atoms with Crippen molar-refractivity contribution in [1.29, 1.82) is 5.41 Å². The zero-order valence-corrected chi connectivity index (χ0v) is 13.4. The SMILES string of the molecule is C=C(C=N)C/C=C/c1ccc(F)c2c1Sc1ccccc1C2=C. The molecule has 2 aromatic rings. The Morgan fingerprint density at radius 3 is 2.78 bits per heavy atom. The van der Waals surface area contributed by atoms with E-state index in [1.165, 1.54) is 12.3 Å². The van der Waals surface area contributed by atoms with Gasteiger partial charge in [-0.3, -0.25) is 0 Å². The second kappa shape index (κ2) is 6.39. The Hall–Kier alpha value is -2.39. The maximum absolute atomic E-state index is 14.4. The van der Waals surface area contributed by atoms with E-state index in [0.717, 1.165) is 32.1 Å². The van der Waals surface area contributed by atoms with Crippen LogP contribution in [0.4, 0.5) is 4.39 Å². The van der Waals surface area contributed by atoms with E-state index in [1.54, 1.807) is 17.8 Å². The number of halogens is 1. The van der Waals surface area contributed by atoms with Gasteiger partial charge in [-0.2, -0.15) is 0 Å². The summed E-state index contributed by atoms with van der Waals surface area (Å²) in [6, 6.07) is 11.2. The van der Waals surface area contributed by atoms with E-state index < -0.39 is 0 Å². The van der Waals surface area contributed by atoms with Crippen molar-refractivity contribution in [2.24, 2.45) is 0 Å². The van der Waals surface area contributed by atoms with E-state index in [-0.39, 0.29) is 5.82 Å². The van der Waals surface area contributed by atoms with E-state index in [9.17, 15) is 4.39 Å². The topological polar surface area (TPSA) is 23.9 Å². The van der Waals surface area contributed by atoms with Crippen LogP contribution in [0, 0.1) is 11.2 Å². The Morgan fingerprint density at radius 1 is 1.22 bits per heavy atom. The molecule has 0 atom stereocenters. The van der Waals surface area contributed by atoms with E-state index in [4.69, 9.17) is 5.41 Å². The summed E-state index contributed by atoms with van der Waals surface area (Å²) in [4.78, 5) is 1.99. The molecule has 0 unspecified atom stereocenters. The molecule has 0 amide bonds. The van der Waals surface area contributed by atoms with Gasteiger partial charge in [0.1, 0.15) is 5.82 Å². The summed E-state index contributed by atoms with van der Waals surface area (Å²) in [6.45, 7) is 7.87. The molecular formula is C20H16FNS. The third-order valence-electron chi connectivity index (χ3n) is 3.74. The minimum atomic E-state index is -0.243. The van der Waals surface area contributed by atoms with Crippen molar-refractivity contribution in [3.63, 3.8) is 0 Å². The van der Waals surface area contributed by atoms with Crippen molar-refractivity contribution in [2.75, 3.05) is 0 Å². The van der Waals surface area contributed by atoms with Gasteiger partial charge in [-0.15, -0.1) is 0 Å². The molecule has 0 aromatic heterocycles. The van der Waals surface area contributed by atoms with Crippen LogP contribution in [0.3, 0.4) is 0 Å². The largest absolute Gasteiger partial charge is 0.308 e. The molecule has 1 aliphatic heterocycles.